The summed E-state index contributed by atoms with van der Waals surface area (Å²) in [5, 5.41) is 18.2. The van der Waals surface area contributed by atoms with E-state index in [0.717, 1.165) is 35.8 Å². The third kappa shape index (κ3) is 3.38. The van der Waals surface area contributed by atoms with Gasteiger partial charge in [0.15, 0.2) is 0 Å². The van der Waals surface area contributed by atoms with Crippen molar-refractivity contribution in [3.05, 3.63) is 28.2 Å². The normalized spacial score (nSPS) is 17.0. The van der Waals surface area contributed by atoms with Crippen LogP contribution in [-0.2, 0) is 4.79 Å². The van der Waals surface area contributed by atoms with Crippen molar-refractivity contribution in [2.75, 3.05) is 11.9 Å². The Balaban J connectivity index is 2.36. The molecule has 4 nitrogen and oxygen atoms in total. The van der Waals surface area contributed by atoms with Crippen LogP contribution in [0.3, 0.4) is 0 Å². The summed E-state index contributed by atoms with van der Waals surface area (Å²) in [6, 6.07) is 7.55. The van der Waals surface area contributed by atoms with Crippen LogP contribution in [0.25, 0.3) is 0 Å². The molecule has 0 unspecified atom stereocenters. The van der Waals surface area contributed by atoms with E-state index in [2.05, 4.69) is 26.9 Å². The second kappa shape index (κ2) is 6.48. The fourth-order valence-corrected chi connectivity index (χ4v) is 3.87. The Morgan fingerprint density at radius 2 is 2.10 bits per heavy atom. The van der Waals surface area contributed by atoms with Gasteiger partial charge in [-0.1, -0.05) is 19.3 Å². The highest BCUT2D eigenvalue weighted by Gasteiger charge is 2.38. The Hall–Kier alpha value is -1.54. The summed E-state index contributed by atoms with van der Waals surface area (Å²) in [5.74, 6) is -0.756. The van der Waals surface area contributed by atoms with E-state index in [-0.39, 0.29) is 12.0 Å². The van der Waals surface area contributed by atoms with E-state index in [1.54, 1.807) is 12.1 Å². The second-order valence-electron chi connectivity index (χ2n) is 5.69. The van der Waals surface area contributed by atoms with Gasteiger partial charge in [0.2, 0.25) is 0 Å². The fourth-order valence-electron chi connectivity index (χ4n) is 3.23. The summed E-state index contributed by atoms with van der Waals surface area (Å²) in [6.45, 7) is 0. The van der Waals surface area contributed by atoms with E-state index < -0.39 is 5.97 Å². The van der Waals surface area contributed by atoms with Crippen LogP contribution in [0, 0.1) is 11.3 Å². The number of halogens is 1. The van der Waals surface area contributed by atoms with Crippen LogP contribution in [0.5, 0.6) is 0 Å². The molecule has 0 bridgehead atoms. The first-order valence-corrected chi connectivity index (χ1v) is 7.93. The summed E-state index contributed by atoms with van der Waals surface area (Å²) in [7, 11) is 1.96. The van der Waals surface area contributed by atoms with E-state index >= 15 is 0 Å². The summed E-state index contributed by atoms with van der Waals surface area (Å²) in [4.78, 5) is 13.4. The van der Waals surface area contributed by atoms with Crippen molar-refractivity contribution < 1.29 is 9.90 Å². The van der Waals surface area contributed by atoms with E-state index in [1.165, 1.54) is 6.42 Å². The maximum absolute atomic E-state index is 11.3. The molecule has 1 aromatic rings. The molecule has 5 heteroatoms. The van der Waals surface area contributed by atoms with Gasteiger partial charge in [-0.25, -0.2) is 0 Å². The smallest absolute Gasteiger partial charge is 0.305 e. The van der Waals surface area contributed by atoms with Crippen LogP contribution in [0.2, 0.25) is 0 Å². The molecule has 0 aromatic heterocycles. The van der Waals surface area contributed by atoms with Gasteiger partial charge in [-0.2, -0.15) is 5.26 Å². The van der Waals surface area contributed by atoms with Gasteiger partial charge in [0.25, 0.3) is 0 Å². The number of benzene rings is 1. The maximum Gasteiger partial charge on any atom is 0.305 e. The summed E-state index contributed by atoms with van der Waals surface area (Å²) < 4.78 is 0.833. The molecule has 1 aliphatic rings. The van der Waals surface area contributed by atoms with E-state index in [0.29, 0.717) is 5.56 Å². The van der Waals surface area contributed by atoms with Crippen molar-refractivity contribution in [1.29, 1.82) is 5.26 Å². The summed E-state index contributed by atoms with van der Waals surface area (Å²) >= 11 is 3.51. The first-order valence-electron chi connectivity index (χ1n) is 7.14. The van der Waals surface area contributed by atoms with Gasteiger partial charge in [0, 0.05) is 11.5 Å². The molecule has 0 radical (unpaired) electrons. The van der Waals surface area contributed by atoms with E-state index in [9.17, 15) is 9.90 Å². The SMILES string of the molecule is CN(c1ccc(C#N)cc1Br)C1(CC(=O)O)CCCCC1. The van der Waals surface area contributed by atoms with Crippen molar-refractivity contribution in [2.24, 2.45) is 0 Å². The van der Waals surface area contributed by atoms with Gasteiger partial charge in [-0.15, -0.1) is 0 Å². The molecule has 1 aliphatic carbocycles. The monoisotopic (exact) mass is 350 g/mol. The van der Waals surface area contributed by atoms with Crippen LogP contribution in [0.15, 0.2) is 22.7 Å². The van der Waals surface area contributed by atoms with Gasteiger partial charge < -0.3 is 10.0 Å². The molecule has 0 aliphatic heterocycles. The quantitative estimate of drug-likeness (QED) is 0.893. The first kappa shape index (κ1) is 15.8. The lowest BCUT2D eigenvalue weighted by atomic mass is 9.78. The number of carboxylic acids is 1. The van der Waals surface area contributed by atoms with Crippen molar-refractivity contribution in [2.45, 2.75) is 44.1 Å². The minimum Gasteiger partial charge on any atom is -0.481 e. The van der Waals surface area contributed by atoms with Gasteiger partial charge in [-0.05, 0) is 47.0 Å². The zero-order chi connectivity index (χ0) is 15.5. The molecule has 0 amide bonds. The number of rotatable bonds is 4. The number of carbonyl (C=O) groups is 1. The molecule has 1 aromatic carbocycles. The summed E-state index contributed by atoms with van der Waals surface area (Å²) in [6.07, 6.45) is 5.22. The molecule has 1 fully saturated rings. The predicted octanol–water partition coefficient (Wildman–Crippen LogP) is 3.93. The predicted molar refractivity (Wildman–Crippen MR) is 85.3 cm³/mol. The Labute approximate surface area is 133 Å². The molecular formula is C16H19BrN2O2. The largest absolute Gasteiger partial charge is 0.481 e. The average Bonchev–Trinajstić information content (AvgIpc) is 2.46. The van der Waals surface area contributed by atoms with Gasteiger partial charge in [0.1, 0.15) is 0 Å². The van der Waals surface area contributed by atoms with E-state index in [1.807, 2.05) is 13.1 Å². The minimum absolute atomic E-state index is 0.149. The Morgan fingerprint density at radius 1 is 1.43 bits per heavy atom. The molecule has 21 heavy (non-hydrogen) atoms. The average molecular weight is 351 g/mol. The molecule has 112 valence electrons. The lowest BCUT2D eigenvalue weighted by Crippen LogP contribution is -2.49. The van der Waals surface area contributed by atoms with Crippen molar-refractivity contribution in [3.63, 3.8) is 0 Å². The highest BCUT2D eigenvalue weighted by Crippen LogP contribution is 2.40. The molecular weight excluding hydrogens is 332 g/mol. The number of hydrogen-bond donors (Lipinski definition) is 1. The highest BCUT2D eigenvalue weighted by molar-refractivity contribution is 9.10. The lowest BCUT2D eigenvalue weighted by molar-refractivity contribution is -0.138. The Bertz CT molecular complexity index is 574. The van der Waals surface area contributed by atoms with Crippen LogP contribution < -0.4 is 4.90 Å². The topological polar surface area (TPSA) is 64.3 Å². The Morgan fingerprint density at radius 3 is 2.62 bits per heavy atom. The molecule has 1 saturated carbocycles. The molecule has 0 atom stereocenters. The number of hydrogen-bond acceptors (Lipinski definition) is 3. The second-order valence-corrected chi connectivity index (χ2v) is 6.55. The maximum atomic E-state index is 11.3. The van der Waals surface area contributed by atoms with Crippen LogP contribution in [-0.4, -0.2) is 23.7 Å². The Kier molecular flexibility index (Phi) is 4.89. The van der Waals surface area contributed by atoms with Crippen molar-refractivity contribution >= 4 is 27.6 Å². The third-order valence-corrected chi connectivity index (χ3v) is 5.05. The first-order chi connectivity index (χ1) is 9.98. The van der Waals surface area contributed by atoms with Crippen molar-refractivity contribution in [3.8, 4) is 6.07 Å². The molecule has 2 rings (SSSR count). The third-order valence-electron chi connectivity index (χ3n) is 4.41. The number of carboxylic acid groups (broad SMARTS) is 1. The number of aliphatic carboxylic acids is 1. The van der Waals surface area contributed by atoms with Crippen LogP contribution >= 0.6 is 15.9 Å². The summed E-state index contributed by atoms with van der Waals surface area (Å²) in [5.41, 5.74) is 1.20. The van der Waals surface area contributed by atoms with Crippen LogP contribution in [0.4, 0.5) is 5.69 Å². The number of anilines is 1. The van der Waals surface area contributed by atoms with E-state index in [4.69, 9.17) is 5.26 Å². The van der Waals surface area contributed by atoms with Gasteiger partial charge in [-0.3, -0.25) is 4.79 Å². The van der Waals surface area contributed by atoms with Gasteiger partial charge >= 0.3 is 5.97 Å². The fraction of sp³-hybridized carbons (Fsp3) is 0.500. The number of nitriles is 1. The molecule has 1 N–H and O–H groups in total. The van der Waals surface area contributed by atoms with Crippen LogP contribution in [0.1, 0.15) is 44.1 Å². The zero-order valence-electron chi connectivity index (χ0n) is 12.1. The lowest BCUT2D eigenvalue weighted by Gasteiger charge is -2.45. The molecule has 0 saturated heterocycles. The highest BCUT2D eigenvalue weighted by atomic mass is 79.9. The van der Waals surface area contributed by atoms with Gasteiger partial charge in [0.05, 0.1) is 29.3 Å². The molecule has 0 spiro atoms. The zero-order valence-corrected chi connectivity index (χ0v) is 13.7. The minimum atomic E-state index is -0.756. The standard InChI is InChI=1S/C16H19BrN2O2/c1-19(14-6-5-12(11-18)9-13(14)17)16(10-15(20)21)7-3-2-4-8-16/h5-6,9H,2-4,7-8,10H2,1H3,(H,20,21). The number of nitrogens with zero attached hydrogens (tertiary/aromatic N) is 2. The molecule has 0 heterocycles. The van der Waals surface area contributed by atoms with Crippen molar-refractivity contribution in [1.82, 2.24) is 0 Å².